The van der Waals surface area contributed by atoms with Crippen molar-refractivity contribution < 1.29 is 14.3 Å². The lowest BCUT2D eigenvalue weighted by Crippen LogP contribution is -2.46. The fourth-order valence-electron chi connectivity index (χ4n) is 2.39. The van der Waals surface area contributed by atoms with Crippen LogP contribution in [0.4, 0.5) is 5.69 Å². The monoisotopic (exact) mass is 276 g/mol. The third kappa shape index (κ3) is 2.67. The lowest BCUT2D eigenvalue weighted by Gasteiger charge is -2.24. The Balaban J connectivity index is 2.42. The highest BCUT2D eigenvalue weighted by Crippen LogP contribution is 2.29. The topological polar surface area (TPSA) is 67.4 Å². The van der Waals surface area contributed by atoms with E-state index in [0.29, 0.717) is 5.69 Å². The van der Waals surface area contributed by atoms with Crippen molar-refractivity contribution in [3.05, 3.63) is 29.8 Å². The highest BCUT2D eigenvalue weighted by atomic mass is 16.5. The molecule has 1 amide bonds. The van der Waals surface area contributed by atoms with Gasteiger partial charge >= 0.3 is 5.97 Å². The number of hydrogen-bond donors (Lipinski definition) is 2. The van der Waals surface area contributed by atoms with Crippen LogP contribution < -0.4 is 10.6 Å². The summed E-state index contributed by atoms with van der Waals surface area (Å²) < 4.78 is 4.86. The highest BCUT2D eigenvalue weighted by Gasteiger charge is 2.35. The summed E-state index contributed by atoms with van der Waals surface area (Å²) in [5.41, 5.74) is 1.39. The van der Waals surface area contributed by atoms with Crippen molar-refractivity contribution >= 4 is 17.6 Å². The molecule has 0 saturated carbocycles. The van der Waals surface area contributed by atoms with Crippen molar-refractivity contribution in [3.8, 4) is 0 Å². The summed E-state index contributed by atoms with van der Waals surface area (Å²) in [7, 11) is 1.35. The van der Waals surface area contributed by atoms with Gasteiger partial charge in [0.05, 0.1) is 13.2 Å². The Bertz CT molecular complexity index is 516. The average Bonchev–Trinajstić information content (AvgIpc) is 2.62. The Labute approximate surface area is 118 Å². The van der Waals surface area contributed by atoms with Gasteiger partial charge in [0.1, 0.15) is 6.04 Å². The first-order valence-corrected chi connectivity index (χ1v) is 6.82. The zero-order valence-electron chi connectivity index (χ0n) is 12.0. The summed E-state index contributed by atoms with van der Waals surface area (Å²) in [6.07, 6.45) is 0.843. The number of amides is 1. The van der Waals surface area contributed by atoms with E-state index in [0.717, 1.165) is 12.0 Å². The quantitative estimate of drug-likeness (QED) is 0.827. The van der Waals surface area contributed by atoms with Gasteiger partial charge < -0.3 is 10.1 Å². The molecule has 0 bridgehead atoms. The molecule has 0 fully saturated rings. The molecule has 0 saturated heterocycles. The number of para-hydroxylation sites is 1. The molecule has 1 heterocycles. The summed E-state index contributed by atoms with van der Waals surface area (Å²) in [5, 5.41) is 6.02. The lowest BCUT2D eigenvalue weighted by molar-refractivity contribution is -0.143. The van der Waals surface area contributed by atoms with E-state index in [4.69, 9.17) is 4.74 Å². The van der Waals surface area contributed by atoms with Crippen LogP contribution in [0.25, 0.3) is 0 Å². The van der Waals surface area contributed by atoms with E-state index in [1.807, 2.05) is 32.0 Å². The predicted octanol–water partition coefficient (Wildman–Crippen LogP) is 1.86. The normalized spacial score (nSPS) is 23.2. The van der Waals surface area contributed by atoms with Gasteiger partial charge in [-0.15, -0.1) is 0 Å². The number of methoxy groups -OCH3 is 1. The fraction of sp³-hybridized carbons (Fsp3) is 0.467. The molecule has 0 radical (unpaired) electrons. The summed E-state index contributed by atoms with van der Waals surface area (Å²) in [4.78, 5) is 24.3. The molecule has 5 nitrogen and oxygen atoms in total. The summed E-state index contributed by atoms with van der Waals surface area (Å²) in [6, 6.07) is 6.24. The van der Waals surface area contributed by atoms with E-state index < -0.39 is 12.1 Å². The van der Waals surface area contributed by atoms with Crippen LogP contribution in [0.2, 0.25) is 0 Å². The van der Waals surface area contributed by atoms with E-state index in [1.54, 1.807) is 6.07 Å². The maximum atomic E-state index is 12.3. The molecule has 0 aliphatic carbocycles. The molecular weight excluding hydrogens is 256 g/mol. The van der Waals surface area contributed by atoms with Gasteiger partial charge in [-0.2, -0.15) is 0 Å². The maximum absolute atomic E-state index is 12.3. The number of hydrogen-bond acceptors (Lipinski definition) is 4. The molecule has 0 aromatic heterocycles. The molecule has 2 unspecified atom stereocenters. The number of esters is 1. The van der Waals surface area contributed by atoms with Crippen LogP contribution in [0, 0.1) is 5.92 Å². The molecule has 1 aromatic carbocycles. The van der Waals surface area contributed by atoms with Crippen molar-refractivity contribution in [1.29, 1.82) is 0 Å². The predicted molar refractivity (Wildman–Crippen MR) is 76.2 cm³/mol. The van der Waals surface area contributed by atoms with Gasteiger partial charge in [0, 0.05) is 11.3 Å². The van der Waals surface area contributed by atoms with Crippen LogP contribution in [0.15, 0.2) is 24.3 Å². The van der Waals surface area contributed by atoms with Gasteiger partial charge in [-0.3, -0.25) is 10.1 Å². The van der Waals surface area contributed by atoms with Gasteiger partial charge in [0.25, 0.3) is 0 Å². The van der Waals surface area contributed by atoms with Gasteiger partial charge in [-0.1, -0.05) is 38.5 Å². The second-order valence-electron chi connectivity index (χ2n) is 5.06. The van der Waals surface area contributed by atoms with E-state index in [9.17, 15) is 9.59 Å². The number of carbonyl (C=O) groups excluding carboxylic acids is 2. The van der Waals surface area contributed by atoms with Crippen molar-refractivity contribution in [2.45, 2.75) is 32.4 Å². The van der Waals surface area contributed by atoms with Crippen LogP contribution in [0.3, 0.4) is 0 Å². The fourth-order valence-corrected chi connectivity index (χ4v) is 2.39. The van der Waals surface area contributed by atoms with E-state index in [1.165, 1.54) is 7.11 Å². The van der Waals surface area contributed by atoms with Gasteiger partial charge in [-0.25, -0.2) is 4.79 Å². The summed E-state index contributed by atoms with van der Waals surface area (Å²) in [6.45, 7) is 4.01. The van der Waals surface area contributed by atoms with Crippen LogP contribution >= 0.6 is 0 Å². The van der Waals surface area contributed by atoms with E-state index >= 15 is 0 Å². The van der Waals surface area contributed by atoms with Crippen molar-refractivity contribution in [2.24, 2.45) is 5.92 Å². The minimum Gasteiger partial charge on any atom is -0.468 e. The third-order valence-corrected chi connectivity index (χ3v) is 3.81. The highest BCUT2D eigenvalue weighted by molar-refractivity contribution is 5.98. The Hall–Kier alpha value is -1.88. The smallest absolute Gasteiger partial charge is 0.327 e. The summed E-state index contributed by atoms with van der Waals surface area (Å²) >= 11 is 0. The standard InChI is InChI=1S/C15H20N2O3/c1-4-9(2)12-14(18)16-11-8-6-5-7-10(11)13(17-12)15(19)20-3/h5-9,12-13,17H,4H2,1-3H3,(H,16,18)/t9?,12-,13?/m0/s1. The van der Waals surface area contributed by atoms with E-state index in [-0.39, 0.29) is 17.8 Å². The Morgan fingerprint density at radius 2 is 2.10 bits per heavy atom. The molecule has 3 atom stereocenters. The largest absolute Gasteiger partial charge is 0.468 e. The molecule has 2 N–H and O–H groups in total. The van der Waals surface area contributed by atoms with E-state index in [2.05, 4.69) is 10.6 Å². The van der Waals surface area contributed by atoms with Crippen molar-refractivity contribution in [2.75, 3.05) is 12.4 Å². The molecule has 5 heteroatoms. The lowest BCUT2D eigenvalue weighted by atomic mass is 9.97. The van der Waals surface area contributed by atoms with Crippen LogP contribution in [0.5, 0.6) is 0 Å². The third-order valence-electron chi connectivity index (χ3n) is 3.81. The number of ether oxygens (including phenoxy) is 1. The van der Waals surface area contributed by atoms with Gasteiger partial charge in [0.15, 0.2) is 0 Å². The first kappa shape index (κ1) is 14.5. The zero-order valence-corrected chi connectivity index (χ0v) is 12.0. The Kier molecular flexibility index (Phi) is 4.39. The van der Waals surface area contributed by atoms with Crippen molar-refractivity contribution in [1.82, 2.24) is 5.32 Å². The number of fused-ring (bicyclic) bond motifs is 1. The molecule has 1 aliphatic rings. The second kappa shape index (κ2) is 6.05. The van der Waals surface area contributed by atoms with Crippen LogP contribution in [-0.4, -0.2) is 25.0 Å². The number of benzene rings is 1. The number of nitrogens with one attached hydrogen (secondary N) is 2. The SMILES string of the molecule is CCC(C)[C@@H]1NC(C(=O)OC)c2ccccc2NC1=O. The Morgan fingerprint density at radius 1 is 1.40 bits per heavy atom. The van der Waals surface area contributed by atoms with Crippen LogP contribution in [0.1, 0.15) is 31.9 Å². The molecule has 2 rings (SSSR count). The molecule has 20 heavy (non-hydrogen) atoms. The van der Waals surface area contributed by atoms with Crippen molar-refractivity contribution in [3.63, 3.8) is 0 Å². The first-order chi connectivity index (χ1) is 9.58. The number of rotatable bonds is 3. The number of anilines is 1. The molecule has 1 aromatic rings. The zero-order chi connectivity index (χ0) is 14.7. The van der Waals surface area contributed by atoms with Gasteiger partial charge in [0.2, 0.25) is 5.91 Å². The molecule has 1 aliphatic heterocycles. The van der Waals surface area contributed by atoms with Crippen LogP contribution in [-0.2, 0) is 14.3 Å². The molecular formula is C15H20N2O3. The maximum Gasteiger partial charge on any atom is 0.327 e. The minimum atomic E-state index is -0.630. The minimum absolute atomic E-state index is 0.113. The average molecular weight is 276 g/mol. The van der Waals surface area contributed by atoms with Gasteiger partial charge in [-0.05, 0) is 12.0 Å². The molecule has 108 valence electrons. The second-order valence-corrected chi connectivity index (χ2v) is 5.06. The molecule has 0 spiro atoms. The Morgan fingerprint density at radius 3 is 2.75 bits per heavy atom. The summed E-state index contributed by atoms with van der Waals surface area (Å²) in [5.74, 6) is -0.378. The number of carbonyl (C=O) groups is 2. The first-order valence-electron chi connectivity index (χ1n) is 6.82.